The molecule has 1 aliphatic heterocycles. The fourth-order valence-corrected chi connectivity index (χ4v) is 3.79. The van der Waals surface area contributed by atoms with Gasteiger partial charge in [0.1, 0.15) is 17.9 Å². The maximum absolute atomic E-state index is 10.6. The fraction of sp³-hybridized carbons (Fsp3) is 0.500. The Morgan fingerprint density at radius 1 is 1.32 bits per heavy atom. The molecule has 7 nitrogen and oxygen atoms in total. The van der Waals surface area contributed by atoms with Gasteiger partial charge in [0.25, 0.3) is 0 Å². The molecule has 1 saturated heterocycles. The molecule has 0 aliphatic carbocycles. The third kappa shape index (κ3) is 4.31. The highest BCUT2D eigenvalue weighted by Crippen LogP contribution is 2.34. The van der Waals surface area contributed by atoms with Crippen LogP contribution < -0.4 is 14.4 Å². The van der Waals surface area contributed by atoms with E-state index in [4.69, 9.17) is 16.3 Å². The minimum atomic E-state index is -2.50. The van der Waals surface area contributed by atoms with Crippen molar-refractivity contribution in [2.45, 2.75) is 19.3 Å². The van der Waals surface area contributed by atoms with E-state index >= 15 is 0 Å². The number of piperidine rings is 1. The summed E-state index contributed by atoms with van der Waals surface area (Å²) in [6, 6.07) is 3.68. The molecule has 0 amide bonds. The molecule has 25 heavy (non-hydrogen) atoms. The van der Waals surface area contributed by atoms with Crippen LogP contribution in [0.15, 0.2) is 18.5 Å². The van der Waals surface area contributed by atoms with Crippen molar-refractivity contribution < 1.29 is 13.2 Å². The van der Waals surface area contributed by atoms with Gasteiger partial charge in [0.15, 0.2) is 0 Å². The first-order chi connectivity index (χ1) is 12.1. The number of anilines is 1. The van der Waals surface area contributed by atoms with Gasteiger partial charge in [-0.15, -0.1) is 0 Å². The van der Waals surface area contributed by atoms with Crippen molar-refractivity contribution in [2.24, 2.45) is 5.92 Å². The lowest BCUT2D eigenvalue weighted by molar-refractivity contribution is 0.381. The van der Waals surface area contributed by atoms with Gasteiger partial charge in [-0.2, -0.15) is 0 Å². The average Bonchev–Trinajstić information content (AvgIpc) is 2.61. The Bertz CT molecular complexity index is 814. The zero-order chi connectivity index (χ0) is 17.8. The van der Waals surface area contributed by atoms with E-state index < -0.39 is 10.9 Å². The molecule has 0 bridgehead atoms. The van der Waals surface area contributed by atoms with Crippen molar-refractivity contribution in [2.75, 3.05) is 31.6 Å². The van der Waals surface area contributed by atoms with Gasteiger partial charge in [0.2, 0.25) is 10.9 Å². The number of hydrogen-bond donors (Lipinski definition) is 2. The fourth-order valence-electron chi connectivity index (χ4n) is 3.25. The van der Waals surface area contributed by atoms with E-state index in [9.17, 15) is 8.42 Å². The zero-order valence-electron chi connectivity index (χ0n) is 13.9. The number of halogens is 1. The van der Waals surface area contributed by atoms with E-state index in [0.717, 1.165) is 49.1 Å². The summed E-state index contributed by atoms with van der Waals surface area (Å²) >= 11 is 6.18. The minimum Gasteiger partial charge on any atom is -0.495 e. The molecular formula is C16H21ClN4O3S. The first-order valence-electron chi connectivity index (χ1n) is 8.19. The molecule has 136 valence electrons. The molecule has 1 fully saturated rings. The molecule has 1 N–H and O–H groups in total. The first-order valence-corrected chi connectivity index (χ1v) is 9.75. The Morgan fingerprint density at radius 2 is 2.08 bits per heavy atom. The summed E-state index contributed by atoms with van der Waals surface area (Å²) in [5.74, 6) is 2.02. The van der Waals surface area contributed by atoms with E-state index in [1.807, 2.05) is 6.07 Å². The van der Waals surface area contributed by atoms with Gasteiger partial charge in [-0.3, -0.25) is 0 Å². The normalized spacial score (nSPS) is 15.9. The second-order valence-corrected chi connectivity index (χ2v) is 7.32. The standard InChI is InChI=1S/C16H21ClN4O3S/c1-24-15-8-12-14(9-13(15)17)18-10-19-16(12)21-6-3-11(4-7-21)2-5-20-25(22)23/h8-11,25H,2-7H2,1H3,(H,20,22,23). The second kappa shape index (κ2) is 8.16. The third-order valence-corrected chi connectivity index (χ3v) is 5.37. The Morgan fingerprint density at radius 3 is 2.76 bits per heavy atom. The molecule has 0 saturated carbocycles. The van der Waals surface area contributed by atoms with E-state index in [-0.39, 0.29) is 0 Å². The summed E-state index contributed by atoms with van der Waals surface area (Å²) in [5.41, 5.74) is 0.793. The molecule has 9 heteroatoms. The van der Waals surface area contributed by atoms with Crippen LogP contribution in [0.2, 0.25) is 5.02 Å². The number of rotatable bonds is 6. The number of nitrogens with zero attached hydrogens (tertiary/aromatic N) is 3. The Kier molecular flexibility index (Phi) is 5.93. The molecule has 2 heterocycles. The van der Waals surface area contributed by atoms with Crippen LogP contribution in [-0.2, 0) is 10.9 Å². The quantitative estimate of drug-likeness (QED) is 0.741. The summed E-state index contributed by atoms with van der Waals surface area (Å²) < 4.78 is 28.9. The van der Waals surface area contributed by atoms with Crippen molar-refractivity contribution in [1.82, 2.24) is 14.7 Å². The molecule has 1 aliphatic rings. The molecule has 1 aromatic carbocycles. The highest BCUT2D eigenvalue weighted by atomic mass is 35.5. The van der Waals surface area contributed by atoms with Gasteiger partial charge in [-0.05, 0) is 37.3 Å². The minimum absolute atomic E-state index is 0.509. The van der Waals surface area contributed by atoms with Gasteiger partial charge < -0.3 is 9.64 Å². The lowest BCUT2D eigenvalue weighted by Gasteiger charge is -2.33. The maximum Gasteiger partial charge on any atom is 0.201 e. The zero-order valence-corrected chi connectivity index (χ0v) is 15.6. The van der Waals surface area contributed by atoms with E-state index in [2.05, 4.69) is 19.6 Å². The van der Waals surface area contributed by atoms with E-state index in [0.29, 0.717) is 23.2 Å². The Hall–Kier alpha value is -1.64. The molecule has 0 spiro atoms. The molecule has 0 atom stereocenters. The Balaban J connectivity index is 1.73. The van der Waals surface area contributed by atoms with Crippen molar-refractivity contribution in [3.63, 3.8) is 0 Å². The van der Waals surface area contributed by atoms with Gasteiger partial charge in [0, 0.05) is 25.0 Å². The van der Waals surface area contributed by atoms with Crippen LogP contribution in [0.5, 0.6) is 5.75 Å². The lowest BCUT2D eigenvalue weighted by atomic mass is 9.93. The van der Waals surface area contributed by atoms with Crippen LogP contribution >= 0.6 is 11.6 Å². The van der Waals surface area contributed by atoms with Crippen molar-refractivity contribution >= 4 is 39.2 Å². The van der Waals surface area contributed by atoms with Crippen LogP contribution in [0, 0.1) is 5.92 Å². The summed E-state index contributed by atoms with van der Waals surface area (Å²) in [6.45, 7) is 2.27. The highest BCUT2D eigenvalue weighted by molar-refractivity contribution is 7.70. The Labute approximate surface area is 153 Å². The SMILES string of the molecule is COc1cc2c(N3CCC(CCN[SH](=O)=O)CC3)ncnc2cc1Cl. The number of ether oxygens (including phenoxy) is 1. The monoisotopic (exact) mass is 384 g/mol. The van der Waals surface area contributed by atoms with Crippen molar-refractivity contribution in [3.8, 4) is 5.75 Å². The van der Waals surface area contributed by atoms with Crippen LogP contribution in [0.25, 0.3) is 10.9 Å². The number of benzene rings is 1. The highest BCUT2D eigenvalue weighted by Gasteiger charge is 2.22. The molecular weight excluding hydrogens is 364 g/mol. The van der Waals surface area contributed by atoms with Crippen LogP contribution in [0.4, 0.5) is 5.82 Å². The predicted octanol–water partition coefficient (Wildman–Crippen LogP) is 2.01. The predicted molar refractivity (Wildman–Crippen MR) is 99.0 cm³/mol. The largest absolute Gasteiger partial charge is 0.495 e. The van der Waals surface area contributed by atoms with E-state index in [1.165, 1.54) is 0 Å². The summed E-state index contributed by atoms with van der Waals surface area (Å²) in [5, 5.41) is 1.45. The maximum atomic E-state index is 10.6. The van der Waals surface area contributed by atoms with Crippen molar-refractivity contribution in [1.29, 1.82) is 0 Å². The molecule has 3 rings (SSSR count). The molecule has 1 aromatic heterocycles. The smallest absolute Gasteiger partial charge is 0.201 e. The van der Waals surface area contributed by atoms with Gasteiger partial charge in [-0.1, -0.05) is 11.6 Å². The van der Waals surface area contributed by atoms with Gasteiger partial charge in [0.05, 0.1) is 17.6 Å². The lowest BCUT2D eigenvalue weighted by Crippen LogP contribution is -2.35. The third-order valence-electron chi connectivity index (χ3n) is 4.60. The van der Waals surface area contributed by atoms with Gasteiger partial charge >= 0.3 is 0 Å². The van der Waals surface area contributed by atoms with Gasteiger partial charge in [-0.25, -0.2) is 23.1 Å². The number of thiol groups is 1. The number of fused-ring (bicyclic) bond motifs is 1. The van der Waals surface area contributed by atoms with Crippen LogP contribution in [0.3, 0.4) is 0 Å². The topological polar surface area (TPSA) is 84.4 Å². The summed E-state index contributed by atoms with van der Waals surface area (Å²) in [7, 11) is -0.911. The molecule has 0 radical (unpaired) electrons. The van der Waals surface area contributed by atoms with E-state index in [1.54, 1.807) is 19.5 Å². The second-order valence-electron chi connectivity index (χ2n) is 6.09. The number of methoxy groups -OCH3 is 1. The van der Waals surface area contributed by atoms with Crippen LogP contribution in [0.1, 0.15) is 19.3 Å². The molecule has 0 unspecified atom stereocenters. The molecule has 2 aromatic rings. The van der Waals surface area contributed by atoms with Crippen LogP contribution in [-0.4, -0.2) is 45.1 Å². The number of hydrogen-bond acceptors (Lipinski definition) is 6. The average molecular weight is 385 g/mol. The van der Waals surface area contributed by atoms with Crippen molar-refractivity contribution in [3.05, 3.63) is 23.5 Å². The summed E-state index contributed by atoms with van der Waals surface area (Å²) in [4.78, 5) is 11.0. The number of nitrogens with one attached hydrogen (secondary N) is 1. The first kappa shape index (κ1) is 18.2. The summed E-state index contributed by atoms with van der Waals surface area (Å²) in [6.07, 6.45) is 4.44. The number of aromatic nitrogens is 2.